The highest BCUT2D eigenvalue weighted by molar-refractivity contribution is 5.77. The first-order valence-corrected chi connectivity index (χ1v) is 7.83. The fourth-order valence-corrected chi connectivity index (χ4v) is 2.56. The molecule has 3 aromatic rings. The fourth-order valence-electron chi connectivity index (χ4n) is 2.56. The largest absolute Gasteiger partial charge is 0.484 e. The number of halogens is 3. The zero-order valence-corrected chi connectivity index (χ0v) is 13.8. The molecule has 8 heteroatoms. The Balaban J connectivity index is 2.05. The van der Waals surface area contributed by atoms with Crippen molar-refractivity contribution in [3.05, 3.63) is 64.7 Å². The minimum absolute atomic E-state index is 0.0511. The number of alkyl halides is 3. The van der Waals surface area contributed by atoms with Gasteiger partial charge in [0, 0.05) is 0 Å². The lowest BCUT2D eigenvalue weighted by Crippen LogP contribution is -2.27. The Morgan fingerprint density at radius 2 is 1.81 bits per heavy atom. The van der Waals surface area contributed by atoms with Crippen molar-refractivity contribution in [2.24, 2.45) is 5.73 Å². The third-order valence-corrected chi connectivity index (χ3v) is 3.71. The van der Waals surface area contributed by atoms with E-state index in [0.717, 1.165) is 0 Å². The number of hydrogen-bond acceptors (Lipinski definition) is 4. The summed E-state index contributed by atoms with van der Waals surface area (Å²) in [4.78, 5) is 17.3. The smallest absolute Gasteiger partial charge is 0.422 e. The van der Waals surface area contributed by atoms with Crippen LogP contribution in [0.15, 0.2) is 53.3 Å². The van der Waals surface area contributed by atoms with Gasteiger partial charge in [0.1, 0.15) is 11.6 Å². The van der Waals surface area contributed by atoms with Gasteiger partial charge in [-0.1, -0.05) is 12.1 Å². The maximum Gasteiger partial charge on any atom is 0.422 e. The number of nitrogens with two attached hydrogens (primary N) is 1. The summed E-state index contributed by atoms with van der Waals surface area (Å²) in [5, 5.41) is 0.425. The van der Waals surface area contributed by atoms with Gasteiger partial charge in [0.2, 0.25) is 0 Å². The number of fused-ring (bicyclic) bond motifs is 1. The molecule has 0 unspecified atom stereocenters. The predicted molar refractivity (Wildman–Crippen MR) is 91.5 cm³/mol. The van der Waals surface area contributed by atoms with Gasteiger partial charge in [-0.15, -0.1) is 0 Å². The van der Waals surface area contributed by atoms with E-state index in [-0.39, 0.29) is 11.3 Å². The Bertz CT molecular complexity index is 980. The second-order valence-corrected chi connectivity index (χ2v) is 5.81. The number of para-hydroxylation sites is 1. The van der Waals surface area contributed by atoms with Gasteiger partial charge in [0.15, 0.2) is 6.61 Å². The molecule has 0 aliphatic heterocycles. The normalized spacial score (nSPS) is 13.0. The van der Waals surface area contributed by atoms with Crippen LogP contribution < -0.4 is 16.0 Å². The van der Waals surface area contributed by atoms with Crippen LogP contribution in [-0.2, 0) is 0 Å². The molecule has 1 atom stereocenters. The minimum Gasteiger partial charge on any atom is -0.484 e. The number of benzene rings is 2. The Morgan fingerprint density at radius 3 is 2.42 bits per heavy atom. The van der Waals surface area contributed by atoms with Crippen molar-refractivity contribution in [1.82, 2.24) is 9.55 Å². The Hall–Kier alpha value is -2.87. The lowest BCUT2D eigenvalue weighted by Gasteiger charge is -2.16. The lowest BCUT2D eigenvalue weighted by atomic mass is 10.2. The van der Waals surface area contributed by atoms with Crippen molar-refractivity contribution >= 4 is 10.9 Å². The second kappa shape index (κ2) is 6.80. The highest BCUT2D eigenvalue weighted by Crippen LogP contribution is 2.21. The molecule has 0 bridgehead atoms. The molecule has 0 aliphatic rings. The molecular formula is C18H16F3N3O2. The maximum absolute atomic E-state index is 12.9. The van der Waals surface area contributed by atoms with Crippen molar-refractivity contribution in [2.75, 3.05) is 6.61 Å². The average Bonchev–Trinajstić information content (AvgIpc) is 2.60. The first kappa shape index (κ1) is 17.9. The van der Waals surface area contributed by atoms with Gasteiger partial charge >= 0.3 is 6.18 Å². The molecule has 0 amide bonds. The van der Waals surface area contributed by atoms with Gasteiger partial charge < -0.3 is 10.5 Å². The highest BCUT2D eigenvalue weighted by atomic mass is 19.4. The van der Waals surface area contributed by atoms with Crippen molar-refractivity contribution < 1.29 is 17.9 Å². The first-order valence-electron chi connectivity index (χ1n) is 7.83. The van der Waals surface area contributed by atoms with E-state index < -0.39 is 18.8 Å². The van der Waals surface area contributed by atoms with Crippen LogP contribution in [0, 0.1) is 0 Å². The van der Waals surface area contributed by atoms with Crippen LogP contribution in [0.5, 0.6) is 5.75 Å². The van der Waals surface area contributed by atoms with E-state index in [9.17, 15) is 18.0 Å². The van der Waals surface area contributed by atoms with Gasteiger partial charge in [0.25, 0.3) is 5.56 Å². The van der Waals surface area contributed by atoms with E-state index in [0.29, 0.717) is 22.4 Å². The van der Waals surface area contributed by atoms with Gasteiger partial charge in [-0.05, 0) is 43.3 Å². The molecule has 5 nitrogen and oxygen atoms in total. The summed E-state index contributed by atoms with van der Waals surface area (Å²) < 4.78 is 42.8. The molecule has 1 heterocycles. The molecule has 0 radical (unpaired) electrons. The topological polar surface area (TPSA) is 70.1 Å². The van der Waals surface area contributed by atoms with Gasteiger partial charge in [-0.25, -0.2) is 4.98 Å². The van der Waals surface area contributed by atoms with Crippen LogP contribution in [-0.4, -0.2) is 22.3 Å². The van der Waals surface area contributed by atoms with Crippen LogP contribution in [0.25, 0.3) is 16.6 Å². The number of nitrogens with zero attached hydrogens (tertiary/aromatic N) is 2. The van der Waals surface area contributed by atoms with Gasteiger partial charge in [0.05, 0.1) is 22.6 Å². The summed E-state index contributed by atoms with van der Waals surface area (Å²) >= 11 is 0. The Kier molecular flexibility index (Phi) is 4.69. The molecule has 3 rings (SSSR count). The molecule has 2 aromatic carbocycles. The molecule has 0 saturated heterocycles. The summed E-state index contributed by atoms with van der Waals surface area (Å²) in [6.45, 7) is 0.322. The van der Waals surface area contributed by atoms with E-state index >= 15 is 0 Å². The molecule has 2 N–H and O–H groups in total. The monoisotopic (exact) mass is 363 g/mol. The molecule has 26 heavy (non-hydrogen) atoms. The molecule has 1 aromatic heterocycles. The number of rotatable bonds is 4. The summed E-state index contributed by atoms with van der Waals surface area (Å²) in [7, 11) is 0. The molecule has 0 spiro atoms. The standard InChI is InChI=1S/C18H16F3N3O2/c1-11(22)16-23-15-5-3-2-4-14(15)17(25)24(16)12-6-8-13(9-7-12)26-10-18(19,20)21/h2-9,11H,10,22H2,1H3/t11-/m1/s1. The molecule has 136 valence electrons. The third kappa shape index (κ3) is 3.70. The van der Waals surface area contributed by atoms with E-state index in [1.165, 1.54) is 28.8 Å². The molecule has 0 aliphatic carbocycles. The summed E-state index contributed by atoms with van der Waals surface area (Å²) in [6.07, 6.45) is -4.42. The van der Waals surface area contributed by atoms with E-state index in [2.05, 4.69) is 9.72 Å². The molecular weight excluding hydrogens is 347 g/mol. The summed E-state index contributed by atoms with van der Waals surface area (Å²) in [5.74, 6) is 0.410. The first-order chi connectivity index (χ1) is 12.3. The van der Waals surface area contributed by atoms with Crippen LogP contribution in [0.2, 0.25) is 0 Å². The van der Waals surface area contributed by atoms with Crippen LogP contribution in [0.1, 0.15) is 18.8 Å². The minimum atomic E-state index is -4.42. The Morgan fingerprint density at radius 1 is 1.15 bits per heavy atom. The highest BCUT2D eigenvalue weighted by Gasteiger charge is 2.28. The van der Waals surface area contributed by atoms with Crippen LogP contribution >= 0.6 is 0 Å². The number of ether oxygens (including phenoxy) is 1. The van der Waals surface area contributed by atoms with E-state index in [4.69, 9.17) is 5.73 Å². The van der Waals surface area contributed by atoms with Crippen LogP contribution in [0.4, 0.5) is 13.2 Å². The Labute approximate surface area is 146 Å². The summed E-state index contributed by atoms with van der Waals surface area (Å²) in [6, 6.07) is 12.1. The zero-order valence-electron chi connectivity index (χ0n) is 13.8. The van der Waals surface area contributed by atoms with Gasteiger partial charge in [-0.2, -0.15) is 13.2 Å². The number of hydrogen-bond donors (Lipinski definition) is 1. The SMILES string of the molecule is C[C@@H](N)c1nc2ccccc2c(=O)n1-c1ccc(OCC(F)(F)F)cc1. The van der Waals surface area contributed by atoms with Crippen molar-refractivity contribution in [3.8, 4) is 11.4 Å². The molecule has 0 fully saturated rings. The van der Waals surface area contributed by atoms with Gasteiger partial charge in [-0.3, -0.25) is 9.36 Å². The predicted octanol–water partition coefficient (Wildman–Crippen LogP) is 3.35. The third-order valence-electron chi connectivity index (χ3n) is 3.71. The van der Waals surface area contributed by atoms with E-state index in [1.807, 2.05) is 0 Å². The zero-order chi connectivity index (χ0) is 18.9. The lowest BCUT2D eigenvalue weighted by molar-refractivity contribution is -0.153. The molecule has 0 saturated carbocycles. The van der Waals surface area contributed by atoms with Crippen molar-refractivity contribution in [1.29, 1.82) is 0 Å². The van der Waals surface area contributed by atoms with Crippen LogP contribution in [0.3, 0.4) is 0 Å². The van der Waals surface area contributed by atoms with E-state index in [1.54, 1.807) is 31.2 Å². The quantitative estimate of drug-likeness (QED) is 0.772. The average molecular weight is 363 g/mol. The maximum atomic E-state index is 12.9. The fraction of sp³-hybridized carbons (Fsp3) is 0.222. The summed E-state index contributed by atoms with van der Waals surface area (Å²) in [5.41, 5.74) is 6.64. The van der Waals surface area contributed by atoms with Crippen molar-refractivity contribution in [2.45, 2.75) is 19.1 Å². The number of aromatic nitrogens is 2. The second-order valence-electron chi connectivity index (χ2n) is 5.81. The van der Waals surface area contributed by atoms with Crippen molar-refractivity contribution in [3.63, 3.8) is 0 Å².